The van der Waals surface area contributed by atoms with Gasteiger partial charge in [-0.15, -0.1) is 0 Å². The average Bonchev–Trinajstić information content (AvgIpc) is 3.36. The van der Waals surface area contributed by atoms with Crippen molar-refractivity contribution >= 4 is 5.91 Å². The Kier molecular flexibility index (Phi) is 5.59. The van der Waals surface area contributed by atoms with Gasteiger partial charge in [0.1, 0.15) is 0 Å². The van der Waals surface area contributed by atoms with Crippen molar-refractivity contribution in [3.63, 3.8) is 0 Å². The van der Waals surface area contributed by atoms with Crippen LogP contribution in [0, 0.1) is 17.3 Å². The Hall–Kier alpha value is -1.50. The van der Waals surface area contributed by atoms with Crippen LogP contribution in [0.2, 0.25) is 0 Å². The van der Waals surface area contributed by atoms with E-state index < -0.39 is 0 Å². The van der Waals surface area contributed by atoms with Gasteiger partial charge in [-0.1, -0.05) is 0 Å². The maximum atomic E-state index is 12.9. The van der Waals surface area contributed by atoms with Crippen molar-refractivity contribution < 1.29 is 14.3 Å². The molecule has 6 heteroatoms. The number of pyridine rings is 1. The number of hydrogen-bond acceptors (Lipinski definition) is 5. The highest BCUT2D eigenvalue weighted by atomic mass is 16.5. The second-order valence-electron chi connectivity index (χ2n) is 9.56. The van der Waals surface area contributed by atoms with Crippen LogP contribution in [-0.2, 0) is 20.8 Å². The van der Waals surface area contributed by atoms with E-state index in [4.69, 9.17) is 9.47 Å². The maximum Gasteiger partial charge on any atom is 0.225 e. The molecule has 4 aliphatic rings. The largest absolute Gasteiger partial charge is 0.381 e. The van der Waals surface area contributed by atoms with E-state index in [-0.39, 0.29) is 6.10 Å². The molecular formula is C23H33N3O3. The van der Waals surface area contributed by atoms with Crippen molar-refractivity contribution in [2.24, 2.45) is 17.3 Å². The molecule has 0 radical (unpaired) electrons. The number of rotatable bonds is 4. The molecule has 4 saturated heterocycles. The van der Waals surface area contributed by atoms with Crippen LogP contribution < -0.4 is 0 Å². The molecule has 4 fully saturated rings. The molecule has 4 aliphatic heterocycles. The summed E-state index contributed by atoms with van der Waals surface area (Å²) in [7, 11) is 0. The fraction of sp³-hybridized carbons (Fsp3) is 0.739. The minimum Gasteiger partial charge on any atom is -0.381 e. The van der Waals surface area contributed by atoms with Gasteiger partial charge in [0, 0.05) is 51.1 Å². The summed E-state index contributed by atoms with van der Waals surface area (Å²) in [5.41, 5.74) is 1.67. The number of hydrogen-bond donors (Lipinski definition) is 0. The second kappa shape index (κ2) is 8.32. The van der Waals surface area contributed by atoms with Crippen LogP contribution in [0.5, 0.6) is 0 Å². The normalized spacial score (nSPS) is 31.9. The molecule has 29 heavy (non-hydrogen) atoms. The first kappa shape index (κ1) is 19.5. The van der Waals surface area contributed by atoms with Gasteiger partial charge in [0.25, 0.3) is 0 Å². The number of piperidine rings is 2. The molecule has 158 valence electrons. The van der Waals surface area contributed by atoms with E-state index in [9.17, 15) is 4.79 Å². The molecule has 0 aliphatic carbocycles. The number of aromatic nitrogens is 1. The minimum absolute atomic E-state index is 0.112. The Balaban J connectivity index is 1.11. The minimum atomic E-state index is 0.112. The summed E-state index contributed by atoms with van der Waals surface area (Å²) in [5.74, 6) is 1.39. The van der Waals surface area contributed by atoms with Crippen molar-refractivity contribution in [1.29, 1.82) is 0 Å². The molecule has 1 spiro atoms. The van der Waals surface area contributed by atoms with E-state index in [0.29, 0.717) is 29.6 Å². The summed E-state index contributed by atoms with van der Waals surface area (Å²) < 4.78 is 11.8. The van der Waals surface area contributed by atoms with E-state index in [0.717, 1.165) is 71.8 Å². The monoisotopic (exact) mass is 399 g/mol. The number of likely N-dealkylation sites (tertiary alicyclic amines) is 2. The topological polar surface area (TPSA) is 54.9 Å². The van der Waals surface area contributed by atoms with Gasteiger partial charge < -0.3 is 14.4 Å². The summed E-state index contributed by atoms with van der Waals surface area (Å²) >= 11 is 0. The Morgan fingerprint density at radius 1 is 1.17 bits per heavy atom. The van der Waals surface area contributed by atoms with Crippen molar-refractivity contribution in [3.8, 4) is 0 Å². The molecule has 0 bridgehead atoms. The van der Waals surface area contributed by atoms with Crippen LogP contribution in [0.15, 0.2) is 24.5 Å². The second-order valence-corrected chi connectivity index (χ2v) is 9.56. The summed E-state index contributed by atoms with van der Waals surface area (Å²) in [4.78, 5) is 21.7. The Morgan fingerprint density at radius 2 is 2.00 bits per heavy atom. The predicted molar refractivity (Wildman–Crippen MR) is 109 cm³/mol. The van der Waals surface area contributed by atoms with Crippen LogP contribution in [0.1, 0.15) is 37.7 Å². The highest BCUT2D eigenvalue weighted by molar-refractivity contribution is 5.77. The zero-order chi connectivity index (χ0) is 19.7. The van der Waals surface area contributed by atoms with E-state index in [2.05, 4.69) is 26.9 Å². The van der Waals surface area contributed by atoms with E-state index in [1.807, 2.05) is 12.4 Å². The first-order valence-corrected chi connectivity index (χ1v) is 11.3. The molecule has 0 saturated carbocycles. The molecule has 0 unspecified atom stereocenters. The van der Waals surface area contributed by atoms with Crippen LogP contribution in [0.25, 0.3) is 0 Å². The zero-order valence-corrected chi connectivity index (χ0v) is 17.3. The summed E-state index contributed by atoms with van der Waals surface area (Å²) in [6, 6.07) is 4.19. The first-order valence-electron chi connectivity index (χ1n) is 11.3. The van der Waals surface area contributed by atoms with Gasteiger partial charge in [-0.25, -0.2) is 0 Å². The smallest absolute Gasteiger partial charge is 0.225 e. The number of ether oxygens (including phenoxy) is 2. The quantitative estimate of drug-likeness (QED) is 0.778. The maximum absolute atomic E-state index is 12.9. The highest BCUT2D eigenvalue weighted by Crippen LogP contribution is 2.40. The summed E-state index contributed by atoms with van der Waals surface area (Å²) in [5, 5.41) is 0. The van der Waals surface area contributed by atoms with Gasteiger partial charge in [-0.05, 0) is 61.3 Å². The predicted octanol–water partition coefficient (Wildman–Crippen LogP) is 2.34. The van der Waals surface area contributed by atoms with E-state index in [1.54, 1.807) is 0 Å². The zero-order valence-electron chi connectivity index (χ0n) is 17.3. The number of nitrogens with zero attached hydrogens (tertiary/aromatic N) is 3. The third-order valence-electron chi connectivity index (χ3n) is 7.77. The number of amides is 1. The average molecular weight is 400 g/mol. The van der Waals surface area contributed by atoms with Gasteiger partial charge >= 0.3 is 0 Å². The SMILES string of the molecule is O=C(C[C@@H]1OC[C@H]2CN(Cc3ccncc3)CC[C@H]21)N1CCC2(CCOC2)CC1. The molecule has 1 aromatic heterocycles. The molecule has 1 amide bonds. The fourth-order valence-electron chi connectivity index (χ4n) is 5.84. The van der Waals surface area contributed by atoms with Gasteiger partial charge in [0.05, 0.1) is 25.7 Å². The van der Waals surface area contributed by atoms with Crippen molar-refractivity contribution in [2.75, 3.05) is 46.0 Å². The van der Waals surface area contributed by atoms with E-state index >= 15 is 0 Å². The lowest BCUT2D eigenvalue weighted by molar-refractivity contribution is -0.136. The first-order chi connectivity index (χ1) is 14.2. The molecular weight excluding hydrogens is 366 g/mol. The lowest BCUT2D eigenvalue weighted by Crippen LogP contribution is -2.45. The number of carbonyl (C=O) groups is 1. The third kappa shape index (κ3) is 4.21. The van der Waals surface area contributed by atoms with E-state index in [1.165, 1.54) is 12.0 Å². The van der Waals surface area contributed by atoms with Gasteiger partial charge in [-0.3, -0.25) is 14.7 Å². The van der Waals surface area contributed by atoms with Gasteiger partial charge in [0.15, 0.2) is 0 Å². The lowest BCUT2D eigenvalue weighted by atomic mass is 9.78. The van der Waals surface area contributed by atoms with Crippen molar-refractivity contribution in [1.82, 2.24) is 14.8 Å². The summed E-state index contributed by atoms with van der Waals surface area (Å²) in [6.07, 6.45) is 8.90. The van der Waals surface area contributed by atoms with Crippen molar-refractivity contribution in [2.45, 2.75) is 44.8 Å². The van der Waals surface area contributed by atoms with Crippen LogP contribution in [-0.4, -0.2) is 72.8 Å². The summed E-state index contributed by atoms with van der Waals surface area (Å²) in [6.45, 7) is 7.51. The Bertz CT molecular complexity index is 697. The number of carbonyl (C=O) groups excluding carboxylic acids is 1. The van der Waals surface area contributed by atoms with Gasteiger partial charge in [0.2, 0.25) is 5.91 Å². The van der Waals surface area contributed by atoms with Gasteiger partial charge in [-0.2, -0.15) is 0 Å². The van der Waals surface area contributed by atoms with Crippen LogP contribution in [0.3, 0.4) is 0 Å². The molecule has 6 nitrogen and oxygen atoms in total. The fourth-order valence-corrected chi connectivity index (χ4v) is 5.84. The molecule has 5 heterocycles. The molecule has 0 N–H and O–H groups in total. The molecule has 3 atom stereocenters. The van der Waals surface area contributed by atoms with Crippen LogP contribution in [0.4, 0.5) is 0 Å². The molecule has 0 aromatic carbocycles. The van der Waals surface area contributed by atoms with Crippen molar-refractivity contribution in [3.05, 3.63) is 30.1 Å². The molecule has 5 rings (SSSR count). The molecule has 1 aromatic rings. The number of fused-ring (bicyclic) bond motifs is 1. The standard InChI is InChI=1S/C23H33N3O3/c27-22(26-10-4-23(5-11-26)6-12-28-17-23)13-21-20-3-9-25(15-19(20)16-29-21)14-18-1-7-24-8-2-18/h1-2,7-8,19-21H,3-6,9-17H2/t19-,20-,21+/m1/s1. The van der Waals surface area contributed by atoms with Crippen LogP contribution >= 0.6 is 0 Å². The lowest BCUT2D eigenvalue weighted by Gasteiger charge is -2.39. The Labute approximate surface area is 173 Å². The third-order valence-corrected chi connectivity index (χ3v) is 7.77. The Morgan fingerprint density at radius 3 is 2.76 bits per heavy atom. The highest BCUT2D eigenvalue weighted by Gasteiger charge is 2.43.